The van der Waals surface area contributed by atoms with Gasteiger partial charge in [0, 0.05) is 18.8 Å². The second-order valence-electron chi connectivity index (χ2n) is 3.41. The van der Waals surface area contributed by atoms with Crippen molar-refractivity contribution in [2.75, 3.05) is 18.4 Å². The Hall–Kier alpha value is -1.22. The van der Waals surface area contributed by atoms with Crippen LogP contribution in [-0.2, 0) is 6.54 Å². The van der Waals surface area contributed by atoms with Crippen LogP contribution in [0.1, 0.15) is 5.56 Å². The molecule has 0 unspecified atom stereocenters. The van der Waals surface area contributed by atoms with Crippen LogP contribution < -0.4 is 5.32 Å². The molecule has 0 radical (unpaired) electrons. The molecule has 0 fully saturated rings. The minimum atomic E-state index is 0. The van der Waals surface area contributed by atoms with Crippen LogP contribution in [0.4, 0.5) is 5.69 Å². The van der Waals surface area contributed by atoms with Gasteiger partial charge in [0.05, 0.1) is 6.54 Å². The van der Waals surface area contributed by atoms with Gasteiger partial charge in [-0.05, 0) is 11.6 Å². The summed E-state index contributed by atoms with van der Waals surface area (Å²) in [5.41, 5.74) is 2.57. The summed E-state index contributed by atoms with van der Waals surface area (Å²) >= 11 is 0. The van der Waals surface area contributed by atoms with Gasteiger partial charge >= 0.3 is 0 Å². The first-order chi connectivity index (χ1) is 6.43. The predicted molar refractivity (Wildman–Crippen MR) is 60.0 cm³/mol. The van der Waals surface area contributed by atoms with Gasteiger partial charge in [-0.15, -0.1) is 12.4 Å². The van der Waals surface area contributed by atoms with E-state index in [4.69, 9.17) is 0 Å². The largest absolute Gasteiger partial charge is 0.336 e. The van der Waals surface area contributed by atoms with Gasteiger partial charge in [0.25, 0.3) is 0 Å². The van der Waals surface area contributed by atoms with E-state index >= 15 is 0 Å². The number of fused-ring (bicyclic) bond motifs is 2. The maximum Gasteiger partial charge on any atom is 0.198 e. The molecule has 2 heterocycles. The summed E-state index contributed by atoms with van der Waals surface area (Å²) < 4.78 is 0. The maximum absolute atomic E-state index is 4.39. The van der Waals surface area contributed by atoms with Crippen molar-refractivity contribution in [2.24, 2.45) is 4.99 Å². The number of nitrogens with one attached hydrogen (secondary N) is 1. The van der Waals surface area contributed by atoms with Crippen LogP contribution in [0, 0.1) is 0 Å². The van der Waals surface area contributed by atoms with Gasteiger partial charge in [-0.2, -0.15) is 0 Å². The monoisotopic (exact) mass is 209 g/mol. The molecule has 4 heteroatoms. The van der Waals surface area contributed by atoms with Gasteiger partial charge in [-0.25, -0.2) is 0 Å². The number of nitrogens with zero attached hydrogens (tertiary/aromatic N) is 2. The van der Waals surface area contributed by atoms with E-state index in [0.29, 0.717) is 0 Å². The zero-order chi connectivity index (χ0) is 8.67. The maximum atomic E-state index is 4.39. The van der Waals surface area contributed by atoms with E-state index in [2.05, 4.69) is 39.5 Å². The van der Waals surface area contributed by atoms with Gasteiger partial charge in [-0.3, -0.25) is 4.99 Å². The Morgan fingerprint density at radius 3 is 3.07 bits per heavy atom. The molecule has 0 aliphatic carbocycles. The fourth-order valence-corrected chi connectivity index (χ4v) is 1.86. The number of guanidine groups is 1. The number of halogens is 1. The Kier molecular flexibility index (Phi) is 2.33. The Morgan fingerprint density at radius 2 is 2.14 bits per heavy atom. The van der Waals surface area contributed by atoms with E-state index in [1.54, 1.807) is 0 Å². The minimum Gasteiger partial charge on any atom is -0.336 e. The van der Waals surface area contributed by atoms with Gasteiger partial charge in [0.1, 0.15) is 0 Å². The van der Waals surface area contributed by atoms with Crippen LogP contribution in [0.15, 0.2) is 29.3 Å². The average Bonchev–Trinajstić information content (AvgIpc) is 2.61. The molecular formula is C10H12ClN3. The molecule has 0 atom stereocenters. The van der Waals surface area contributed by atoms with Gasteiger partial charge in [0.15, 0.2) is 5.96 Å². The third-order valence-electron chi connectivity index (χ3n) is 2.56. The molecule has 2 aliphatic rings. The van der Waals surface area contributed by atoms with Crippen LogP contribution in [0.3, 0.4) is 0 Å². The first kappa shape index (κ1) is 9.34. The first-order valence-electron chi connectivity index (χ1n) is 4.58. The SMILES string of the molecule is Cl.c1ccc2c(c1)CN1CCN=C1N2. The van der Waals surface area contributed by atoms with Crippen molar-refractivity contribution in [3.63, 3.8) is 0 Å². The van der Waals surface area contributed by atoms with Crippen molar-refractivity contribution >= 4 is 24.1 Å². The number of hydrogen-bond acceptors (Lipinski definition) is 3. The lowest BCUT2D eigenvalue weighted by atomic mass is 10.1. The standard InChI is InChI=1S/C10H11N3.ClH/c1-2-4-9-8(3-1)7-13-6-5-11-10(13)12-9;/h1-4H,5-7H2,(H,11,12);1H. The molecule has 1 N–H and O–H groups in total. The second-order valence-corrected chi connectivity index (χ2v) is 3.41. The average molecular weight is 210 g/mol. The van der Waals surface area contributed by atoms with E-state index in [1.165, 1.54) is 11.3 Å². The van der Waals surface area contributed by atoms with Crippen LogP contribution in [0.2, 0.25) is 0 Å². The fraction of sp³-hybridized carbons (Fsp3) is 0.300. The summed E-state index contributed by atoms with van der Waals surface area (Å²) in [5.74, 6) is 1.04. The Labute approximate surface area is 89.2 Å². The summed E-state index contributed by atoms with van der Waals surface area (Å²) in [6.45, 7) is 2.98. The highest BCUT2D eigenvalue weighted by Gasteiger charge is 2.22. The Morgan fingerprint density at radius 1 is 1.29 bits per heavy atom. The molecule has 74 valence electrons. The molecule has 14 heavy (non-hydrogen) atoms. The summed E-state index contributed by atoms with van der Waals surface area (Å²) in [6.07, 6.45) is 0. The van der Waals surface area contributed by atoms with Gasteiger partial charge in [-0.1, -0.05) is 18.2 Å². The van der Waals surface area contributed by atoms with Gasteiger partial charge < -0.3 is 10.2 Å². The van der Waals surface area contributed by atoms with Crippen molar-refractivity contribution in [3.8, 4) is 0 Å². The number of hydrogen-bond donors (Lipinski definition) is 1. The van der Waals surface area contributed by atoms with E-state index in [9.17, 15) is 0 Å². The summed E-state index contributed by atoms with van der Waals surface area (Å²) in [4.78, 5) is 6.67. The first-order valence-corrected chi connectivity index (χ1v) is 4.58. The number of benzene rings is 1. The zero-order valence-electron chi connectivity index (χ0n) is 7.73. The van der Waals surface area contributed by atoms with Gasteiger partial charge in [0.2, 0.25) is 0 Å². The molecule has 0 bridgehead atoms. The summed E-state index contributed by atoms with van der Waals surface area (Å²) in [7, 11) is 0. The molecular weight excluding hydrogens is 198 g/mol. The topological polar surface area (TPSA) is 27.6 Å². The van der Waals surface area contributed by atoms with Crippen molar-refractivity contribution in [3.05, 3.63) is 29.8 Å². The third-order valence-corrected chi connectivity index (χ3v) is 2.56. The Balaban J connectivity index is 0.000000750. The molecule has 0 spiro atoms. The third kappa shape index (κ3) is 1.34. The van der Waals surface area contributed by atoms with Crippen LogP contribution in [0.5, 0.6) is 0 Å². The van der Waals surface area contributed by atoms with E-state index < -0.39 is 0 Å². The number of rotatable bonds is 0. The van der Waals surface area contributed by atoms with Crippen LogP contribution >= 0.6 is 12.4 Å². The lowest BCUT2D eigenvalue weighted by Gasteiger charge is -2.28. The number of anilines is 1. The van der Waals surface area contributed by atoms with E-state index in [1.807, 2.05) is 0 Å². The molecule has 0 saturated heterocycles. The van der Waals surface area contributed by atoms with E-state index in [0.717, 1.165) is 25.6 Å². The fourth-order valence-electron chi connectivity index (χ4n) is 1.86. The molecule has 1 aromatic carbocycles. The molecule has 3 rings (SSSR count). The smallest absolute Gasteiger partial charge is 0.198 e. The van der Waals surface area contributed by atoms with Crippen molar-refractivity contribution < 1.29 is 0 Å². The minimum absolute atomic E-state index is 0. The molecule has 0 aromatic heterocycles. The second kappa shape index (κ2) is 3.50. The highest BCUT2D eigenvalue weighted by atomic mass is 35.5. The quantitative estimate of drug-likeness (QED) is 0.705. The predicted octanol–water partition coefficient (Wildman–Crippen LogP) is 1.71. The molecule has 0 saturated carbocycles. The summed E-state index contributed by atoms with van der Waals surface area (Å²) in [5, 5.41) is 3.33. The Bertz CT molecular complexity index is 375. The molecule has 2 aliphatic heterocycles. The highest BCUT2D eigenvalue weighted by molar-refractivity contribution is 5.97. The van der Waals surface area contributed by atoms with Crippen LogP contribution in [-0.4, -0.2) is 23.9 Å². The number of para-hydroxylation sites is 1. The number of aliphatic imine (C=N–C) groups is 1. The van der Waals surface area contributed by atoms with Crippen molar-refractivity contribution in [1.82, 2.24) is 4.90 Å². The summed E-state index contributed by atoms with van der Waals surface area (Å²) in [6, 6.07) is 8.40. The molecule has 1 aromatic rings. The van der Waals surface area contributed by atoms with Crippen LogP contribution in [0.25, 0.3) is 0 Å². The normalized spacial score (nSPS) is 17.4. The molecule has 0 amide bonds. The lowest BCUT2D eigenvalue weighted by Crippen LogP contribution is -2.36. The molecule has 3 nitrogen and oxygen atoms in total. The van der Waals surface area contributed by atoms with E-state index in [-0.39, 0.29) is 12.4 Å². The van der Waals surface area contributed by atoms with Crippen molar-refractivity contribution in [1.29, 1.82) is 0 Å². The van der Waals surface area contributed by atoms with Crippen molar-refractivity contribution in [2.45, 2.75) is 6.54 Å². The zero-order valence-corrected chi connectivity index (χ0v) is 8.55. The highest BCUT2D eigenvalue weighted by Crippen LogP contribution is 2.23. The lowest BCUT2D eigenvalue weighted by molar-refractivity contribution is 0.445.